The molecule has 0 aromatic carbocycles. The molecule has 0 amide bonds. The van der Waals surface area contributed by atoms with Crippen LogP contribution < -0.4 is 0 Å². The van der Waals surface area contributed by atoms with Crippen LogP contribution >= 0.6 is 0 Å². The molecule has 92 valence electrons. The normalized spacial score (nSPS) is 27.6. The van der Waals surface area contributed by atoms with E-state index in [1.807, 2.05) is 6.92 Å². The topological polar surface area (TPSA) is 40.5 Å². The van der Waals surface area contributed by atoms with Gasteiger partial charge in [0.1, 0.15) is 0 Å². The zero-order valence-corrected chi connectivity index (χ0v) is 10.4. The van der Waals surface area contributed by atoms with Gasteiger partial charge in [0, 0.05) is 19.1 Å². The quantitative estimate of drug-likeness (QED) is 0.797. The van der Waals surface area contributed by atoms with Crippen LogP contribution in [-0.2, 0) is 4.79 Å². The van der Waals surface area contributed by atoms with Crippen LogP contribution in [0.25, 0.3) is 0 Å². The number of carbonyl (C=O) groups is 1. The number of rotatable bonds is 4. The van der Waals surface area contributed by atoms with E-state index in [0.717, 1.165) is 19.0 Å². The molecular weight excluding hydrogens is 202 g/mol. The summed E-state index contributed by atoms with van der Waals surface area (Å²) in [6.45, 7) is 6.14. The molecule has 2 fully saturated rings. The van der Waals surface area contributed by atoms with Crippen molar-refractivity contribution < 1.29 is 9.90 Å². The number of hydrogen-bond donors (Lipinski definition) is 1. The largest absolute Gasteiger partial charge is 0.481 e. The monoisotopic (exact) mass is 225 g/mol. The van der Waals surface area contributed by atoms with Crippen LogP contribution in [0, 0.1) is 17.8 Å². The minimum atomic E-state index is -0.641. The highest BCUT2D eigenvalue weighted by atomic mass is 16.4. The Morgan fingerprint density at radius 3 is 2.25 bits per heavy atom. The smallest absolute Gasteiger partial charge is 0.306 e. The summed E-state index contributed by atoms with van der Waals surface area (Å²) in [6, 6.07) is 0.666. The van der Waals surface area contributed by atoms with E-state index >= 15 is 0 Å². The zero-order chi connectivity index (χ0) is 11.7. The lowest BCUT2D eigenvalue weighted by Crippen LogP contribution is -2.55. The molecule has 3 heteroatoms. The van der Waals surface area contributed by atoms with Crippen molar-refractivity contribution in [1.29, 1.82) is 0 Å². The molecule has 1 aliphatic carbocycles. The number of carboxylic acid groups (broad SMARTS) is 1. The van der Waals surface area contributed by atoms with Crippen molar-refractivity contribution in [2.45, 2.75) is 45.6 Å². The maximum atomic E-state index is 10.8. The Hall–Kier alpha value is -0.570. The molecule has 16 heavy (non-hydrogen) atoms. The van der Waals surface area contributed by atoms with Crippen LogP contribution in [0.4, 0.5) is 0 Å². The molecule has 3 nitrogen and oxygen atoms in total. The molecule has 2 rings (SSSR count). The summed E-state index contributed by atoms with van der Waals surface area (Å²) in [5.41, 5.74) is 0. The molecule has 1 saturated carbocycles. The van der Waals surface area contributed by atoms with E-state index < -0.39 is 5.97 Å². The first-order valence-electron chi connectivity index (χ1n) is 6.56. The fraction of sp³-hybridized carbons (Fsp3) is 0.923. The highest BCUT2D eigenvalue weighted by Crippen LogP contribution is 2.34. The van der Waals surface area contributed by atoms with Crippen LogP contribution in [-0.4, -0.2) is 35.1 Å². The number of carboxylic acids is 1. The Balaban J connectivity index is 1.77. The van der Waals surface area contributed by atoms with Gasteiger partial charge < -0.3 is 5.11 Å². The molecule has 0 aromatic rings. The van der Waals surface area contributed by atoms with Crippen molar-refractivity contribution in [3.63, 3.8) is 0 Å². The first-order valence-corrected chi connectivity index (χ1v) is 6.56. The Morgan fingerprint density at radius 2 is 1.75 bits per heavy atom. The lowest BCUT2D eigenvalue weighted by atomic mass is 9.84. The number of aliphatic carboxylic acids is 1. The van der Waals surface area contributed by atoms with Crippen molar-refractivity contribution in [2.75, 3.05) is 13.1 Å². The predicted octanol–water partition coefficient (Wildman–Crippen LogP) is 2.22. The second-order valence-corrected chi connectivity index (χ2v) is 5.63. The molecular formula is C13H23NO2. The highest BCUT2D eigenvalue weighted by Gasteiger charge is 2.39. The molecule has 0 aromatic heterocycles. The lowest BCUT2D eigenvalue weighted by Gasteiger charge is -2.46. The van der Waals surface area contributed by atoms with Crippen LogP contribution in [0.1, 0.15) is 39.5 Å². The summed E-state index contributed by atoms with van der Waals surface area (Å²) in [5, 5.41) is 8.94. The maximum absolute atomic E-state index is 10.8. The third-order valence-corrected chi connectivity index (χ3v) is 4.69. The van der Waals surface area contributed by atoms with Gasteiger partial charge in [0.25, 0.3) is 0 Å². The summed E-state index contributed by atoms with van der Waals surface area (Å²) < 4.78 is 0. The summed E-state index contributed by atoms with van der Waals surface area (Å²) in [7, 11) is 0. The van der Waals surface area contributed by atoms with Gasteiger partial charge in [-0.1, -0.05) is 19.8 Å². The van der Waals surface area contributed by atoms with E-state index in [-0.39, 0.29) is 5.92 Å². The zero-order valence-electron chi connectivity index (χ0n) is 10.4. The highest BCUT2D eigenvalue weighted by molar-refractivity contribution is 5.70. The van der Waals surface area contributed by atoms with Gasteiger partial charge in [-0.25, -0.2) is 0 Å². The Labute approximate surface area is 97.8 Å². The second-order valence-electron chi connectivity index (χ2n) is 5.63. The van der Waals surface area contributed by atoms with Crippen LogP contribution in [0.3, 0.4) is 0 Å². The van der Waals surface area contributed by atoms with Crippen molar-refractivity contribution >= 4 is 5.97 Å². The molecule has 2 unspecified atom stereocenters. The van der Waals surface area contributed by atoms with E-state index in [0.29, 0.717) is 12.0 Å². The average Bonchev–Trinajstić information content (AvgIpc) is 2.67. The molecule has 2 aliphatic rings. The SMILES string of the molecule is CC(C(=O)O)C1CN(C(C)C2CCCC2)C1. The van der Waals surface area contributed by atoms with Gasteiger partial charge in [0.15, 0.2) is 0 Å². The van der Waals surface area contributed by atoms with Gasteiger partial charge in [0.2, 0.25) is 0 Å². The first kappa shape index (κ1) is 11.9. The Bertz CT molecular complexity index is 255. The van der Waals surface area contributed by atoms with Crippen LogP contribution in [0.5, 0.6) is 0 Å². The molecule has 0 bridgehead atoms. The van der Waals surface area contributed by atoms with E-state index in [1.165, 1.54) is 25.7 Å². The predicted molar refractivity (Wildman–Crippen MR) is 63.3 cm³/mol. The van der Waals surface area contributed by atoms with E-state index in [1.54, 1.807) is 0 Å². The van der Waals surface area contributed by atoms with Gasteiger partial charge in [-0.3, -0.25) is 9.69 Å². The fourth-order valence-corrected chi connectivity index (χ4v) is 3.14. The van der Waals surface area contributed by atoms with Gasteiger partial charge in [0.05, 0.1) is 5.92 Å². The third kappa shape index (κ3) is 2.24. The lowest BCUT2D eigenvalue weighted by molar-refractivity contribution is -0.146. The fourth-order valence-electron chi connectivity index (χ4n) is 3.14. The average molecular weight is 225 g/mol. The van der Waals surface area contributed by atoms with Crippen LogP contribution in [0.15, 0.2) is 0 Å². The van der Waals surface area contributed by atoms with Crippen molar-refractivity contribution in [3.05, 3.63) is 0 Å². The van der Waals surface area contributed by atoms with Gasteiger partial charge in [-0.15, -0.1) is 0 Å². The van der Waals surface area contributed by atoms with Crippen molar-refractivity contribution in [3.8, 4) is 0 Å². The summed E-state index contributed by atoms with van der Waals surface area (Å²) in [6.07, 6.45) is 5.52. The maximum Gasteiger partial charge on any atom is 0.306 e. The van der Waals surface area contributed by atoms with E-state index in [2.05, 4.69) is 11.8 Å². The van der Waals surface area contributed by atoms with E-state index in [4.69, 9.17) is 5.11 Å². The molecule has 2 atom stereocenters. The summed E-state index contributed by atoms with van der Waals surface area (Å²) >= 11 is 0. The number of nitrogens with zero attached hydrogens (tertiary/aromatic N) is 1. The Kier molecular flexibility index (Phi) is 3.53. The minimum Gasteiger partial charge on any atom is -0.481 e. The van der Waals surface area contributed by atoms with Crippen molar-refractivity contribution in [1.82, 2.24) is 4.90 Å². The van der Waals surface area contributed by atoms with Gasteiger partial charge in [-0.05, 0) is 31.6 Å². The summed E-state index contributed by atoms with van der Waals surface area (Å²) in [4.78, 5) is 13.3. The van der Waals surface area contributed by atoms with E-state index in [9.17, 15) is 4.79 Å². The summed E-state index contributed by atoms with van der Waals surface area (Å²) in [5.74, 6) is 0.424. The Morgan fingerprint density at radius 1 is 1.19 bits per heavy atom. The molecule has 1 heterocycles. The molecule has 0 radical (unpaired) electrons. The minimum absolute atomic E-state index is 0.174. The number of likely N-dealkylation sites (tertiary alicyclic amines) is 1. The first-order chi connectivity index (χ1) is 7.59. The van der Waals surface area contributed by atoms with Crippen LogP contribution in [0.2, 0.25) is 0 Å². The third-order valence-electron chi connectivity index (χ3n) is 4.69. The number of hydrogen-bond acceptors (Lipinski definition) is 2. The molecule has 1 N–H and O–H groups in total. The standard InChI is InChI=1S/C13H23NO2/c1-9(13(15)16)12-7-14(8-12)10(2)11-5-3-4-6-11/h9-12H,3-8H2,1-2H3,(H,15,16). The molecule has 1 aliphatic heterocycles. The second kappa shape index (κ2) is 4.74. The van der Waals surface area contributed by atoms with Crippen molar-refractivity contribution in [2.24, 2.45) is 17.8 Å². The van der Waals surface area contributed by atoms with Gasteiger partial charge in [-0.2, -0.15) is 0 Å². The molecule has 0 spiro atoms. The molecule has 1 saturated heterocycles. The van der Waals surface area contributed by atoms with Gasteiger partial charge >= 0.3 is 5.97 Å².